The first kappa shape index (κ1) is 36.4. The van der Waals surface area contributed by atoms with E-state index in [-0.39, 0.29) is 0 Å². The predicted octanol–water partition coefficient (Wildman–Crippen LogP) is 14.5. The van der Waals surface area contributed by atoms with Gasteiger partial charge in [0.05, 0.1) is 25.2 Å². The predicted molar refractivity (Wildman–Crippen MR) is 250 cm³/mol. The second-order valence-corrected chi connectivity index (χ2v) is 21.9. The Balaban J connectivity index is 1.11. The summed E-state index contributed by atoms with van der Waals surface area (Å²) in [6.45, 7) is 7.16. The number of pyridine rings is 3. The average Bonchev–Trinajstić information content (AvgIpc) is 3.67. The minimum atomic E-state index is -1.70. The van der Waals surface area contributed by atoms with Gasteiger partial charge in [0.25, 0.3) is 0 Å². The van der Waals surface area contributed by atoms with Crippen LogP contribution in [-0.2, 0) is 0 Å². The van der Waals surface area contributed by atoms with Gasteiger partial charge in [0.2, 0.25) is 5.71 Å². The molecular weight excluding hydrogens is 751 g/mol. The van der Waals surface area contributed by atoms with Crippen molar-refractivity contribution >= 4 is 35.3 Å². The molecule has 5 aromatic carbocycles. The van der Waals surface area contributed by atoms with Gasteiger partial charge in [-0.05, 0) is 113 Å². The monoisotopic (exact) mass is 798 g/mol. The molecule has 0 atom stereocenters. The zero-order valence-corrected chi connectivity index (χ0v) is 35.3. The molecule has 0 unspecified atom stereocenters. The number of nitrogens with zero attached hydrogens (tertiary/aromatic N) is 3. The quantitative estimate of drug-likeness (QED) is 0.136. The number of rotatable bonds is 9. The molecule has 0 saturated heterocycles. The van der Waals surface area contributed by atoms with E-state index < -0.39 is 14.0 Å². The Labute approximate surface area is 354 Å². The van der Waals surface area contributed by atoms with E-state index in [4.69, 9.17) is 24.1 Å². The SMILES string of the molecule is [2H]C1(c2ccc(-c3ccnc(-c4cc(Oc5cc(-c6ccccn6)cc(-c6ccccc6[Si](C)(C)C)c5)cc5c4oc4nc(-c6ccccc6)ccc45)c3)cc2)CCCCC1. The molecule has 0 N–H and O–H groups in total. The fourth-order valence-corrected chi connectivity index (χ4v) is 10.3. The molecule has 4 aromatic heterocycles. The third-order valence-corrected chi connectivity index (χ3v) is 13.8. The summed E-state index contributed by atoms with van der Waals surface area (Å²) in [5, 5.41) is 3.18. The average molecular weight is 799 g/mol. The molecule has 5 nitrogen and oxygen atoms in total. The molecule has 1 saturated carbocycles. The lowest BCUT2D eigenvalue weighted by Gasteiger charge is -2.22. The fourth-order valence-electron chi connectivity index (χ4n) is 8.69. The van der Waals surface area contributed by atoms with Crippen molar-refractivity contribution in [2.45, 2.75) is 57.6 Å². The molecule has 0 amide bonds. The first-order valence-corrected chi connectivity index (χ1v) is 24.5. The van der Waals surface area contributed by atoms with Crippen molar-refractivity contribution in [1.82, 2.24) is 15.0 Å². The van der Waals surface area contributed by atoms with Crippen molar-refractivity contribution in [3.8, 4) is 67.5 Å². The lowest BCUT2D eigenvalue weighted by molar-refractivity contribution is 0.443. The molecule has 0 radical (unpaired) electrons. The standard InChI is InChI=1S/C54H47N3O2Si/c1-60(2,3)52-20-11-10-18-45(52)41-30-42(49-19-12-13-28-55-49)32-43(31-41)58-44-34-47-46-25-26-50(39-16-8-5-9-17-39)57-54(46)59-53(47)48(35-44)51-33-40(27-29-56-51)38-23-21-37(22-24-38)36-14-6-4-7-15-36/h5,8-13,16-36H,4,6-7,14-15H2,1-3H3/i36D. The van der Waals surface area contributed by atoms with Gasteiger partial charge in [-0.3, -0.25) is 9.97 Å². The van der Waals surface area contributed by atoms with Crippen molar-refractivity contribution in [2.24, 2.45) is 0 Å². The number of aromatic nitrogens is 3. The highest BCUT2D eigenvalue weighted by Gasteiger charge is 2.23. The van der Waals surface area contributed by atoms with Crippen LogP contribution in [0.4, 0.5) is 0 Å². The molecule has 0 bridgehead atoms. The number of ether oxygens (including phenoxy) is 1. The van der Waals surface area contributed by atoms with E-state index in [9.17, 15) is 1.37 Å². The van der Waals surface area contributed by atoms with E-state index in [1.807, 2.05) is 60.9 Å². The molecule has 1 aliphatic carbocycles. The lowest BCUT2D eigenvalue weighted by atomic mass is 9.84. The van der Waals surface area contributed by atoms with Crippen molar-refractivity contribution in [1.29, 1.82) is 0 Å². The molecular formula is C54H47N3O2Si. The summed E-state index contributed by atoms with van der Waals surface area (Å²) < 4.78 is 22.9. The van der Waals surface area contributed by atoms with Crippen molar-refractivity contribution in [3.63, 3.8) is 0 Å². The van der Waals surface area contributed by atoms with E-state index in [0.717, 1.165) is 92.5 Å². The molecule has 1 fully saturated rings. The van der Waals surface area contributed by atoms with Crippen molar-refractivity contribution < 1.29 is 10.5 Å². The molecule has 4 heterocycles. The third-order valence-electron chi connectivity index (χ3n) is 11.7. The van der Waals surface area contributed by atoms with E-state index in [0.29, 0.717) is 22.8 Å². The van der Waals surface area contributed by atoms with Gasteiger partial charge < -0.3 is 9.15 Å². The van der Waals surface area contributed by atoms with E-state index in [1.165, 1.54) is 17.2 Å². The van der Waals surface area contributed by atoms with Crippen molar-refractivity contribution in [2.75, 3.05) is 0 Å². The van der Waals surface area contributed by atoms with Crippen LogP contribution in [0.1, 0.15) is 44.9 Å². The van der Waals surface area contributed by atoms with Gasteiger partial charge in [0.15, 0.2) is 0 Å². The number of hydrogen-bond acceptors (Lipinski definition) is 5. The first-order chi connectivity index (χ1) is 29.7. The lowest BCUT2D eigenvalue weighted by Crippen LogP contribution is -2.38. The van der Waals surface area contributed by atoms with Gasteiger partial charge in [0, 0.05) is 41.2 Å². The Kier molecular flexibility index (Phi) is 9.63. The number of fused-ring (bicyclic) bond motifs is 3. The topological polar surface area (TPSA) is 61.0 Å². The second kappa shape index (κ2) is 15.9. The summed E-state index contributed by atoms with van der Waals surface area (Å²) in [6.07, 6.45) is 8.98. The van der Waals surface area contributed by atoms with Crippen LogP contribution >= 0.6 is 0 Å². The normalized spacial score (nSPS) is 14.3. The minimum Gasteiger partial charge on any atom is -0.457 e. The molecule has 294 valence electrons. The summed E-state index contributed by atoms with van der Waals surface area (Å²) in [4.78, 5) is 14.7. The van der Waals surface area contributed by atoms with Crippen LogP contribution in [-0.4, -0.2) is 23.0 Å². The maximum atomic E-state index is 9.17. The van der Waals surface area contributed by atoms with Gasteiger partial charge in [0.1, 0.15) is 17.1 Å². The molecule has 0 aliphatic heterocycles. The Morgan fingerprint density at radius 1 is 0.550 bits per heavy atom. The van der Waals surface area contributed by atoms with Gasteiger partial charge in [-0.2, -0.15) is 0 Å². The first-order valence-electron chi connectivity index (χ1n) is 21.5. The van der Waals surface area contributed by atoms with Gasteiger partial charge in [-0.15, -0.1) is 0 Å². The Bertz CT molecular complexity index is 3030. The van der Waals surface area contributed by atoms with Crippen LogP contribution < -0.4 is 9.92 Å². The highest BCUT2D eigenvalue weighted by Crippen LogP contribution is 2.42. The molecule has 60 heavy (non-hydrogen) atoms. The number of furan rings is 1. The summed E-state index contributed by atoms with van der Waals surface area (Å²) >= 11 is 0. The highest BCUT2D eigenvalue weighted by atomic mass is 28.3. The molecule has 6 heteroatoms. The fraction of sp³-hybridized carbons (Fsp3) is 0.167. The van der Waals surface area contributed by atoms with Crippen LogP contribution in [0.5, 0.6) is 11.5 Å². The van der Waals surface area contributed by atoms with Gasteiger partial charge >= 0.3 is 0 Å². The summed E-state index contributed by atoms with van der Waals surface area (Å²) in [5.74, 6) is 0.861. The zero-order chi connectivity index (χ0) is 41.6. The smallest absolute Gasteiger partial charge is 0.227 e. The molecule has 10 rings (SSSR count). The summed E-state index contributed by atoms with van der Waals surface area (Å²) in [6, 6.07) is 52.4. The van der Waals surface area contributed by atoms with Gasteiger partial charge in [-0.1, -0.05) is 129 Å². The van der Waals surface area contributed by atoms with Gasteiger partial charge in [-0.25, -0.2) is 4.98 Å². The summed E-state index contributed by atoms with van der Waals surface area (Å²) in [7, 11) is -1.70. The van der Waals surface area contributed by atoms with E-state index in [1.54, 1.807) is 0 Å². The second-order valence-electron chi connectivity index (χ2n) is 16.9. The number of hydrogen-bond donors (Lipinski definition) is 0. The van der Waals surface area contributed by atoms with Crippen LogP contribution in [0.25, 0.3) is 78.1 Å². The zero-order valence-electron chi connectivity index (χ0n) is 35.3. The minimum absolute atomic E-state index is 0.502. The largest absolute Gasteiger partial charge is 0.457 e. The van der Waals surface area contributed by atoms with Crippen LogP contribution in [0.15, 0.2) is 168 Å². The Hall–Kier alpha value is -6.63. The molecule has 1 aliphatic rings. The third kappa shape index (κ3) is 7.55. The Morgan fingerprint density at radius 2 is 1.30 bits per heavy atom. The molecule has 0 spiro atoms. The van der Waals surface area contributed by atoms with E-state index >= 15 is 0 Å². The van der Waals surface area contributed by atoms with Crippen LogP contribution in [0, 0.1) is 0 Å². The maximum absolute atomic E-state index is 9.17. The van der Waals surface area contributed by atoms with E-state index in [2.05, 4.69) is 123 Å². The van der Waals surface area contributed by atoms with Crippen molar-refractivity contribution in [3.05, 3.63) is 170 Å². The number of benzene rings is 5. The highest BCUT2D eigenvalue weighted by molar-refractivity contribution is 6.89. The molecule has 9 aromatic rings. The summed E-state index contributed by atoms with van der Waals surface area (Å²) in [5.41, 5.74) is 12.0. The maximum Gasteiger partial charge on any atom is 0.227 e. The van der Waals surface area contributed by atoms with Crippen LogP contribution in [0.2, 0.25) is 19.6 Å². The van der Waals surface area contributed by atoms with Crippen LogP contribution in [0.3, 0.4) is 0 Å². The Morgan fingerprint density at radius 3 is 2.10 bits per heavy atom.